The van der Waals surface area contributed by atoms with Gasteiger partial charge in [0.05, 0.1) is 12.2 Å². The monoisotopic (exact) mass is 188 g/mol. The summed E-state index contributed by atoms with van der Waals surface area (Å²) in [7, 11) is 0. The van der Waals surface area contributed by atoms with Crippen LogP contribution >= 0.6 is 0 Å². The Morgan fingerprint density at radius 3 is 2.64 bits per heavy atom. The summed E-state index contributed by atoms with van der Waals surface area (Å²) < 4.78 is 5.11. The fourth-order valence-corrected chi connectivity index (χ4v) is 1.41. The molecule has 2 N–H and O–H groups in total. The molecule has 1 unspecified atom stereocenters. The molecule has 72 valence electrons. The van der Waals surface area contributed by atoms with E-state index in [0.717, 1.165) is 16.9 Å². The highest BCUT2D eigenvalue weighted by molar-refractivity contribution is 5.64. The van der Waals surface area contributed by atoms with Crippen LogP contribution in [0.25, 0.3) is 11.1 Å². The maximum atomic E-state index is 5.76. The number of nitrogens with zero attached hydrogens (tertiary/aromatic N) is 1. The third-order valence-electron chi connectivity index (χ3n) is 2.10. The summed E-state index contributed by atoms with van der Waals surface area (Å²) in [4.78, 5) is 0. The van der Waals surface area contributed by atoms with Crippen molar-refractivity contribution < 1.29 is 4.52 Å². The summed E-state index contributed by atoms with van der Waals surface area (Å²) in [5, 5.41) is 3.76. The predicted octanol–water partition coefficient (Wildman–Crippen LogP) is 2.36. The van der Waals surface area contributed by atoms with Gasteiger partial charge in [-0.15, -0.1) is 0 Å². The first-order chi connectivity index (χ1) is 6.79. The normalized spacial score (nSPS) is 12.7. The van der Waals surface area contributed by atoms with Gasteiger partial charge < -0.3 is 10.3 Å². The van der Waals surface area contributed by atoms with Gasteiger partial charge in [0, 0.05) is 5.56 Å². The zero-order chi connectivity index (χ0) is 9.97. The number of hydrogen-bond donors (Lipinski definition) is 1. The molecule has 0 fully saturated rings. The van der Waals surface area contributed by atoms with E-state index in [1.54, 1.807) is 6.20 Å². The lowest BCUT2D eigenvalue weighted by atomic mass is 10.0. The van der Waals surface area contributed by atoms with Crippen molar-refractivity contribution in [3.63, 3.8) is 0 Å². The van der Waals surface area contributed by atoms with Gasteiger partial charge in [0.2, 0.25) is 0 Å². The third kappa shape index (κ3) is 1.54. The van der Waals surface area contributed by atoms with E-state index < -0.39 is 0 Å². The first kappa shape index (κ1) is 8.97. The van der Waals surface area contributed by atoms with Crippen LogP contribution in [-0.4, -0.2) is 5.16 Å². The predicted molar refractivity (Wildman–Crippen MR) is 54.5 cm³/mol. The molecule has 1 atom stereocenters. The Hall–Kier alpha value is -1.61. The molecule has 0 aliphatic heterocycles. The summed E-state index contributed by atoms with van der Waals surface area (Å²) in [5.74, 6) is 0.733. The summed E-state index contributed by atoms with van der Waals surface area (Å²) >= 11 is 0. The first-order valence-corrected chi connectivity index (χ1v) is 4.54. The van der Waals surface area contributed by atoms with Gasteiger partial charge in [-0.1, -0.05) is 35.5 Å². The van der Waals surface area contributed by atoms with Gasteiger partial charge in [-0.2, -0.15) is 0 Å². The second kappa shape index (κ2) is 3.64. The molecule has 0 amide bonds. The van der Waals surface area contributed by atoms with Crippen LogP contribution in [0, 0.1) is 0 Å². The Labute approximate surface area is 82.5 Å². The highest BCUT2D eigenvalue weighted by atomic mass is 16.5. The SMILES string of the molecule is CC(N)c1oncc1-c1ccccc1. The number of rotatable bonds is 2. The minimum Gasteiger partial charge on any atom is -0.359 e. The van der Waals surface area contributed by atoms with Gasteiger partial charge in [0.15, 0.2) is 5.76 Å². The summed E-state index contributed by atoms with van der Waals surface area (Å²) in [5.41, 5.74) is 7.82. The van der Waals surface area contributed by atoms with Gasteiger partial charge in [0.1, 0.15) is 0 Å². The minimum atomic E-state index is -0.132. The zero-order valence-corrected chi connectivity index (χ0v) is 7.97. The standard InChI is InChI=1S/C11H12N2O/c1-8(12)11-10(7-13-14-11)9-5-3-2-4-6-9/h2-8H,12H2,1H3. The molecule has 0 aliphatic carbocycles. The number of aromatic nitrogens is 1. The van der Waals surface area contributed by atoms with E-state index in [1.807, 2.05) is 37.3 Å². The largest absolute Gasteiger partial charge is 0.359 e. The topological polar surface area (TPSA) is 52.0 Å². The maximum Gasteiger partial charge on any atom is 0.160 e. The fraction of sp³-hybridized carbons (Fsp3) is 0.182. The van der Waals surface area contributed by atoms with Crippen LogP contribution in [0.5, 0.6) is 0 Å². The van der Waals surface area contributed by atoms with Crippen LogP contribution in [0.2, 0.25) is 0 Å². The van der Waals surface area contributed by atoms with E-state index in [4.69, 9.17) is 10.3 Å². The van der Waals surface area contributed by atoms with E-state index in [1.165, 1.54) is 0 Å². The van der Waals surface area contributed by atoms with Crippen molar-refractivity contribution in [3.8, 4) is 11.1 Å². The van der Waals surface area contributed by atoms with Crippen molar-refractivity contribution in [1.82, 2.24) is 5.16 Å². The minimum absolute atomic E-state index is 0.132. The average molecular weight is 188 g/mol. The van der Waals surface area contributed by atoms with Crippen molar-refractivity contribution >= 4 is 0 Å². The van der Waals surface area contributed by atoms with Crippen LogP contribution in [-0.2, 0) is 0 Å². The van der Waals surface area contributed by atoms with Crippen molar-refractivity contribution in [2.45, 2.75) is 13.0 Å². The maximum absolute atomic E-state index is 5.76. The van der Waals surface area contributed by atoms with Gasteiger partial charge in [-0.05, 0) is 12.5 Å². The smallest absolute Gasteiger partial charge is 0.160 e. The summed E-state index contributed by atoms with van der Waals surface area (Å²) in [6.45, 7) is 1.88. The molecule has 2 rings (SSSR count). The van der Waals surface area contributed by atoms with Gasteiger partial charge in [-0.3, -0.25) is 0 Å². The molecule has 14 heavy (non-hydrogen) atoms. The van der Waals surface area contributed by atoms with Crippen LogP contribution in [0.4, 0.5) is 0 Å². The van der Waals surface area contributed by atoms with Gasteiger partial charge in [-0.25, -0.2) is 0 Å². The molecule has 0 spiro atoms. The molecule has 0 bridgehead atoms. The van der Waals surface area contributed by atoms with Crippen LogP contribution in [0.3, 0.4) is 0 Å². The highest BCUT2D eigenvalue weighted by Gasteiger charge is 2.13. The van der Waals surface area contributed by atoms with E-state index in [-0.39, 0.29) is 6.04 Å². The van der Waals surface area contributed by atoms with Gasteiger partial charge >= 0.3 is 0 Å². The van der Waals surface area contributed by atoms with Crippen molar-refractivity contribution in [1.29, 1.82) is 0 Å². The van der Waals surface area contributed by atoms with Crippen molar-refractivity contribution in [2.24, 2.45) is 5.73 Å². The molecular formula is C11H12N2O. The van der Waals surface area contributed by atoms with Crippen molar-refractivity contribution in [2.75, 3.05) is 0 Å². The lowest BCUT2D eigenvalue weighted by Crippen LogP contribution is -2.04. The molecule has 3 heteroatoms. The first-order valence-electron chi connectivity index (χ1n) is 4.54. The molecule has 1 heterocycles. The highest BCUT2D eigenvalue weighted by Crippen LogP contribution is 2.26. The molecule has 1 aromatic heterocycles. The third-order valence-corrected chi connectivity index (χ3v) is 2.10. The van der Waals surface area contributed by atoms with Crippen LogP contribution < -0.4 is 5.73 Å². The Balaban J connectivity index is 2.47. The quantitative estimate of drug-likeness (QED) is 0.787. The van der Waals surface area contributed by atoms with E-state index in [2.05, 4.69) is 5.16 Å². The van der Waals surface area contributed by atoms with E-state index in [0.29, 0.717) is 0 Å². The molecule has 3 nitrogen and oxygen atoms in total. The second-order valence-corrected chi connectivity index (χ2v) is 3.26. The zero-order valence-electron chi connectivity index (χ0n) is 7.97. The van der Waals surface area contributed by atoms with Crippen LogP contribution in [0.1, 0.15) is 18.7 Å². The molecule has 2 aromatic rings. The number of nitrogens with two attached hydrogens (primary N) is 1. The van der Waals surface area contributed by atoms with Crippen LogP contribution in [0.15, 0.2) is 41.1 Å². The van der Waals surface area contributed by atoms with Crippen molar-refractivity contribution in [3.05, 3.63) is 42.3 Å². The molecular weight excluding hydrogens is 176 g/mol. The summed E-state index contributed by atoms with van der Waals surface area (Å²) in [6.07, 6.45) is 1.70. The Morgan fingerprint density at radius 1 is 1.29 bits per heavy atom. The lowest BCUT2D eigenvalue weighted by molar-refractivity contribution is 0.368. The average Bonchev–Trinajstić information content (AvgIpc) is 2.67. The number of hydrogen-bond acceptors (Lipinski definition) is 3. The Kier molecular flexibility index (Phi) is 2.33. The molecule has 0 saturated carbocycles. The second-order valence-electron chi connectivity index (χ2n) is 3.26. The molecule has 0 radical (unpaired) electrons. The van der Waals surface area contributed by atoms with E-state index in [9.17, 15) is 0 Å². The van der Waals surface area contributed by atoms with E-state index >= 15 is 0 Å². The lowest BCUT2D eigenvalue weighted by Gasteiger charge is -2.03. The Bertz CT molecular complexity index is 406. The van der Waals surface area contributed by atoms with Gasteiger partial charge in [0.25, 0.3) is 0 Å². The fourth-order valence-electron chi connectivity index (χ4n) is 1.41. The summed E-state index contributed by atoms with van der Waals surface area (Å²) in [6, 6.07) is 9.83. The molecule has 0 aliphatic rings. The molecule has 0 saturated heterocycles. The number of benzene rings is 1. The molecule has 1 aromatic carbocycles. The Morgan fingerprint density at radius 2 is 2.00 bits per heavy atom.